The lowest BCUT2D eigenvalue weighted by Gasteiger charge is -2.26. The van der Waals surface area contributed by atoms with Crippen LogP contribution in [0, 0.1) is 0 Å². The summed E-state index contributed by atoms with van der Waals surface area (Å²) in [5.41, 5.74) is 5.89. The van der Waals surface area contributed by atoms with E-state index in [1.807, 2.05) is 12.4 Å². The van der Waals surface area contributed by atoms with Crippen LogP contribution in [-0.4, -0.2) is 43.7 Å². The fourth-order valence-electron chi connectivity index (χ4n) is 3.98. The Morgan fingerprint density at radius 1 is 1.00 bits per heavy atom. The Labute approximate surface area is 159 Å². The molecule has 27 heavy (non-hydrogen) atoms. The van der Waals surface area contributed by atoms with Crippen molar-refractivity contribution in [3.63, 3.8) is 0 Å². The van der Waals surface area contributed by atoms with Gasteiger partial charge in [-0.05, 0) is 73.2 Å². The van der Waals surface area contributed by atoms with Crippen molar-refractivity contribution in [2.24, 2.45) is 0 Å². The van der Waals surface area contributed by atoms with E-state index in [9.17, 15) is 0 Å². The van der Waals surface area contributed by atoms with Gasteiger partial charge in [0.05, 0.1) is 5.56 Å². The lowest BCUT2D eigenvalue weighted by Crippen LogP contribution is -2.25. The van der Waals surface area contributed by atoms with E-state index in [0.717, 1.165) is 42.9 Å². The van der Waals surface area contributed by atoms with Gasteiger partial charge in [0.1, 0.15) is 5.82 Å². The maximum atomic E-state index is 5.15. The molecule has 0 amide bonds. The summed E-state index contributed by atoms with van der Waals surface area (Å²) in [5.74, 6) is 1.63. The predicted molar refractivity (Wildman–Crippen MR) is 105 cm³/mol. The number of pyridine rings is 2. The number of aromatic nitrogens is 6. The lowest BCUT2D eigenvalue weighted by molar-refractivity contribution is 0.708. The molecule has 7 nitrogen and oxygen atoms in total. The van der Waals surface area contributed by atoms with Gasteiger partial charge in [0.25, 0.3) is 0 Å². The average molecular weight is 363 g/mol. The van der Waals surface area contributed by atoms with Crippen molar-refractivity contribution in [1.82, 2.24) is 30.6 Å². The molecule has 4 rings (SSSR count). The van der Waals surface area contributed by atoms with Crippen LogP contribution in [0.3, 0.4) is 0 Å². The smallest absolute Gasteiger partial charge is 0.183 e. The van der Waals surface area contributed by atoms with Crippen LogP contribution in [0.25, 0.3) is 22.5 Å². The summed E-state index contributed by atoms with van der Waals surface area (Å²) >= 11 is 0. The molecule has 0 spiro atoms. The number of aryl methyl sites for hydroxylation is 1. The zero-order valence-corrected chi connectivity index (χ0v) is 15.9. The largest absolute Gasteiger partial charge is 0.357 e. The minimum Gasteiger partial charge on any atom is -0.357 e. The van der Waals surface area contributed by atoms with Crippen LogP contribution >= 0.6 is 0 Å². The van der Waals surface area contributed by atoms with Crippen molar-refractivity contribution < 1.29 is 0 Å². The standard InChI is InChI=1S/C20H25N7/c1-3-27(4-2)20-18(19-23-25-26-24-19)17(14-10-12-21-13-11-14)15-8-6-5-7-9-16(15)22-20/h10-13H,3-9H2,1-2H3,(H,23,24,25,26). The van der Waals surface area contributed by atoms with Gasteiger partial charge in [-0.2, -0.15) is 0 Å². The second kappa shape index (κ2) is 7.82. The zero-order chi connectivity index (χ0) is 18.6. The highest BCUT2D eigenvalue weighted by Crippen LogP contribution is 2.42. The highest BCUT2D eigenvalue weighted by molar-refractivity contribution is 5.90. The van der Waals surface area contributed by atoms with Gasteiger partial charge < -0.3 is 4.90 Å². The van der Waals surface area contributed by atoms with E-state index in [2.05, 4.69) is 56.5 Å². The molecular formula is C20H25N7. The van der Waals surface area contributed by atoms with E-state index in [4.69, 9.17) is 4.98 Å². The van der Waals surface area contributed by atoms with Crippen molar-refractivity contribution in [3.8, 4) is 22.5 Å². The fraction of sp³-hybridized carbons (Fsp3) is 0.450. The van der Waals surface area contributed by atoms with Crippen LogP contribution in [0.4, 0.5) is 5.82 Å². The molecule has 0 unspecified atom stereocenters. The van der Waals surface area contributed by atoms with Crippen LogP contribution < -0.4 is 4.90 Å². The molecule has 1 aliphatic carbocycles. The third-order valence-corrected chi connectivity index (χ3v) is 5.32. The number of aromatic amines is 1. The average Bonchev–Trinajstić information content (AvgIpc) is 3.14. The Kier molecular flexibility index (Phi) is 5.09. The maximum absolute atomic E-state index is 5.15. The number of tetrazole rings is 1. The number of nitrogens with one attached hydrogen (secondary N) is 1. The number of hydrogen-bond acceptors (Lipinski definition) is 6. The molecule has 0 aromatic carbocycles. The van der Waals surface area contributed by atoms with Crippen LogP contribution in [0.2, 0.25) is 0 Å². The molecule has 0 radical (unpaired) electrons. The first-order valence-electron chi connectivity index (χ1n) is 9.78. The van der Waals surface area contributed by atoms with Crippen LogP contribution in [0.15, 0.2) is 24.5 Å². The summed E-state index contributed by atoms with van der Waals surface area (Å²) in [6, 6.07) is 4.14. The molecule has 0 atom stereocenters. The van der Waals surface area contributed by atoms with E-state index < -0.39 is 0 Å². The number of H-pyrrole nitrogens is 1. The van der Waals surface area contributed by atoms with Gasteiger partial charge in [-0.25, -0.2) is 10.1 Å². The zero-order valence-electron chi connectivity index (χ0n) is 15.9. The Bertz CT molecular complexity index is 886. The third kappa shape index (κ3) is 3.29. The molecule has 7 heteroatoms. The summed E-state index contributed by atoms with van der Waals surface area (Å²) in [7, 11) is 0. The highest BCUT2D eigenvalue weighted by Gasteiger charge is 2.26. The van der Waals surface area contributed by atoms with Crippen LogP contribution in [-0.2, 0) is 12.8 Å². The first-order valence-corrected chi connectivity index (χ1v) is 9.78. The summed E-state index contributed by atoms with van der Waals surface area (Å²) in [6.45, 7) is 6.08. The monoisotopic (exact) mass is 363 g/mol. The quantitative estimate of drug-likeness (QED) is 0.699. The van der Waals surface area contributed by atoms with Crippen LogP contribution in [0.5, 0.6) is 0 Å². The van der Waals surface area contributed by atoms with Gasteiger partial charge in [-0.1, -0.05) is 6.42 Å². The van der Waals surface area contributed by atoms with Gasteiger partial charge in [0, 0.05) is 36.7 Å². The SMILES string of the molecule is CCN(CC)c1nc2c(c(-c3ccncc3)c1-c1nnn[nH]1)CCCCC2. The molecule has 3 heterocycles. The topological polar surface area (TPSA) is 83.5 Å². The second-order valence-corrected chi connectivity index (χ2v) is 6.83. The van der Waals surface area contributed by atoms with E-state index in [1.54, 1.807) is 0 Å². The third-order valence-electron chi connectivity index (χ3n) is 5.32. The number of hydrogen-bond donors (Lipinski definition) is 1. The fourth-order valence-corrected chi connectivity index (χ4v) is 3.98. The number of anilines is 1. The minimum atomic E-state index is 0.670. The van der Waals surface area contributed by atoms with E-state index >= 15 is 0 Å². The summed E-state index contributed by atoms with van der Waals surface area (Å²) in [4.78, 5) is 11.6. The summed E-state index contributed by atoms with van der Waals surface area (Å²) < 4.78 is 0. The van der Waals surface area contributed by atoms with Crippen LogP contribution in [0.1, 0.15) is 44.4 Å². The van der Waals surface area contributed by atoms with Gasteiger partial charge in [-0.3, -0.25) is 4.98 Å². The minimum absolute atomic E-state index is 0.670. The van der Waals surface area contributed by atoms with Crippen molar-refractivity contribution in [1.29, 1.82) is 0 Å². The van der Waals surface area contributed by atoms with E-state index in [1.165, 1.54) is 36.1 Å². The predicted octanol–water partition coefficient (Wildman–Crippen LogP) is 3.44. The van der Waals surface area contributed by atoms with Crippen molar-refractivity contribution in [2.75, 3.05) is 18.0 Å². The first kappa shape index (κ1) is 17.6. The summed E-state index contributed by atoms with van der Waals surface area (Å²) in [5, 5.41) is 14.9. The number of fused-ring (bicyclic) bond motifs is 1. The lowest BCUT2D eigenvalue weighted by atomic mass is 9.91. The van der Waals surface area contributed by atoms with Crippen molar-refractivity contribution in [3.05, 3.63) is 35.8 Å². The number of rotatable bonds is 5. The molecule has 0 saturated carbocycles. The number of nitrogens with zero attached hydrogens (tertiary/aromatic N) is 6. The van der Waals surface area contributed by atoms with E-state index in [0.29, 0.717) is 5.82 Å². The molecule has 0 fully saturated rings. The molecule has 3 aromatic heterocycles. The van der Waals surface area contributed by atoms with Crippen molar-refractivity contribution >= 4 is 5.82 Å². The Hall–Kier alpha value is -2.83. The molecule has 0 aliphatic heterocycles. The molecular weight excluding hydrogens is 338 g/mol. The highest BCUT2D eigenvalue weighted by atomic mass is 15.5. The van der Waals surface area contributed by atoms with Gasteiger partial charge in [0.2, 0.25) is 0 Å². The van der Waals surface area contributed by atoms with E-state index in [-0.39, 0.29) is 0 Å². The maximum Gasteiger partial charge on any atom is 0.183 e. The van der Waals surface area contributed by atoms with Gasteiger partial charge in [-0.15, -0.1) is 5.10 Å². The molecule has 140 valence electrons. The molecule has 0 bridgehead atoms. The Morgan fingerprint density at radius 3 is 2.48 bits per heavy atom. The van der Waals surface area contributed by atoms with Gasteiger partial charge in [0.15, 0.2) is 5.82 Å². The summed E-state index contributed by atoms with van der Waals surface area (Å²) in [6.07, 6.45) is 9.37. The molecule has 3 aromatic rings. The Balaban J connectivity index is 2.07. The Morgan fingerprint density at radius 2 is 1.78 bits per heavy atom. The molecule has 1 aliphatic rings. The first-order chi connectivity index (χ1) is 13.3. The van der Waals surface area contributed by atoms with Gasteiger partial charge >= 0.3 is 0 Å². The normalized spacial score (nSPS) is 13.9. The molecule has 1 N–H and O–H groups in total. The van der Waals surface area contributed by atoms with Crippen molar-refractivity contribution in [2.45, 2.75) is 46.0 Å². The molecule has 0 saturated heterocycles. The second-order valence-electron chi connectivity index (χ2n) is 6.83.